The minimum atomic E-state index is -3.52. The monoisotopic (exact) mass is 520 g/mol. The van der Waals surface area contributed by atoms with E-state index in [0.29, 0.717) is 17.1 Å². The van der Waals surface area contributed by atoms with Gasteiger partial charge in [-0.1, -0.05) is 29.4 Å². The minimum absolute atomic E-state index is 0.0677. The SMILES string of the molecule is COc1ccc(-c2noc(CNC(=O)c3ccc(CN(c4cc(C)ccc4C)S(C)(=O)=O)cc3)n2)cc1. The average Bonchev–Trinajstić information content (AvgIpc) is 3.36. The molecule has 4 rings (SSSR count). The molecule has 0 atom stereocenters. The fourth-order valence-electron chi connectivity index (χ4n) is 3.74. The Hall–Kier alpha value is -4.18. The molecule has 1 amide bonds. The van der Waals surface area contributed by atoms with E-state index in [9.17, 15) is 13.2 Å². The molecule has 37 heavy (non-hydrogen) atoms. The molecule has 1 heterocycles. The molecule has 0 aliphatic carbocycles. The Morgan fingerprint density at radius 2 is 1.73 bits per heavy atom. The van der Waals surface area contributed by atoms with Crippen LogP contribution in [0, 0.1) is 13.8 Å². The molecule has 0 unspecified atom stereocenters. The molecule has 0 fully saturated rings. The third kappa shape index (κ3) is 6.34. The molecule has 10 heteroatoms. The molecule has 0 saturated heterocycles. The summed E-state index contributed by atoms with van der Waals surface area (Å²) < 4.78 is 36.9. The van der Waals surface area contributed by atoms with Crippen LogP contribution < -0.4 is 14.4 Å². The lowest BCUT2D eigenvalue weighted by atomic mass is 10.1. The van der Waals surface area contributed by atoms with Crippen LogP contribution in [0.1, 0.15) is 32.9 Å². The van der Waals surface area contributed by atoms with Crippen molar-refractivity contribution in [2.45, 2.75) is 26.9 Å². The summed E-state index contributed by atoms with van der Waals surface area (Å²) in [6.07, 6.45) is 1.19. The van der Waals surface area contributed by atoms with Gasteiger partial charge in [-0.2, -0.15) is 4.98 Å². The molecule has 0 aliphatic heterocycles. The molecule has 1 N–H and O–H groups in total. The first-order chi connectivity index (χ1) is 17.6. The van der Waals surface area contributed by atoms with Gasteiger partial charge >= 0.3 is 0 Å². The van der Waals surface area contributed by atoms with Crippen molar-refractivity contribution in [2.24, 2.45) is 0 Å². The van der Waals surface area contributed by atoms with E-state index in [1.54, 1.807) is 43.5 Å². The van der Waals surface area contributed by atoms with Gasteiger partial charge in [0.2, 0.25) is 21.7 Å². The Morgan fingerprint density at radius 1 is 1.03 bits per heavy atom. The summed E-state index contributed by atoms with van der Waals surface area (Å²) in [5, 5.41) is 6.72. The zero-order valence-corrected chi connectivity index (χ0v) is 21.9. The summed E-state index contributed by atoms with van der Waals surface area (Å²) in [7, 11) is -1.93. The van der Waals surface area contributed by atoms with Crippen molar-refractivity contribution in [3.05, 3.63) is 94.9 Å². The number of sulfonamides is 1. The van der Waals surface area contributed by atoms with Gasteiger partial charge in [-0.3, -0.25) is 9.10 Å². The lowest BCUT2D eigenvalue weighted by Crippen LogP contribution is -2.30. The van der Waals surface area contributed by atoms with Crippen molar-refractivity contribution in [2.75, 3.05) is 17.7 Å². The topological polar surface area (TPSA) is 115 Å². The third-order valence-electron chi connectivity index (χ3n) is 5.79. The number of nitrogens with one attached hydrogen (secondary N) is 1. The molecule has 0 radical (unpaired) electrons. The van der Waals surface area contributed by atoms with Crippen molar-refractivity contribution >= 4 is 21.6 Å². The lowest BCUT2D eigenvalue weighted by Gasteiger charge is -2.25. The summed E-state index contributed by atoms with van der Waals surface area (Å²) in [5.41, 5.74) is 4.42. The highest BCUT2D eigenvalue weighted by molar-refractivity contribution is 7.92. The number of methoxy groups -OCH3 is 1. The standard InChI is InChI=1S/C27H28N4O5S/c1-18-5-6-19(2)24(15-18)31(37(4,33)34)17-20-7-9-22(10-8-20)27(32)28-16-25-29-26(30-36-25)21-11-13-23(35-3)14-12-21/h5-15H,16-17H2,1-4H3,(H,28,32). The molecule has 4 aromatic rings. The average molecular weight is 521 g/mol. The second-order valence-corrected chi connectivity index (χ2v) is 10.6. The van der Waals surface area contributed by atoms with Crippen LogP contribution in [-0.4, -0.2) is 37.8 Å². The summed E-state index contributed by atoms with van der Waals surface area (Å²) in [6, 6.07) is 19.7. The highest BCUT2D eigenvalue weighted by atomic mass is 32.2. The summed E-state index contributed by atoms with van der Waals surface area (Å²) in [4.78, 5) is 17.0. The number of amides is 1. The fraction of sp³-hybridized carbons (Fsp3) is 0.222. The Balaban J connectivity index is 1.40. The van der Waals surface area contributed by atoms with E-state index < -0.39 is 10.0 Å². The first kappa shape index (κ1) is 25.9. The molecular weight excluding hydrogens is 492 g/mol. The molecular formula is C27H28N4O5S. The van der Waals surface area contributed by atoms with Crippen LogP contribution in [0.15, 0.2) is 71.3 Å². The van der Waals surface area contributed by atoms with Gasteiger partial charge in [0.05, 0.1) is 32.1 Å². The maximum Gasteiger partial charge on any atom is 0.251 e. The van der Waals surface area contributed by atoms with Gasteiger partial charge < -0.3 is 14.6 Å². The van der Waals surface area contributed by atoms with E-state index in [4.69, 9.17) is 9.26 Å². The molecule has 192 valence electrons. The molecule has 0 saturated carbocycles. The second-order valence-electron chi connectivity index (χ2n) is 8.68. The number of ether oxygens (including phenoxy) is 1. The van der Waals surface area contributed by atoms with Gasteiger partial charge in [0, 0.05) is 11.1 Å². The predicted molar refractivity (Wildman–Crippen MR) is 141 cm³/mol. The zero-order chi connectivity index (χ0) is 26.6. The number of hydrogen-bond acceptors (Lipinski definition) is 7. The van der Waals surface area contributed by atoms with E-state index in [1.807, 2.05) is 44.2 Å². The minimum Gasteiger partial charge on any atom is -0.497 e. The number of anilines is 1. The molecule has 0 aliphatic rings. The normalized spacial score (nSPS) is 11.2. The zero-order valence-electron chi connectivity index (χ0n) is 21.1. The number of aromatic nitrogens is 2. The first-order valence-electron chi connectivity index (χ1n) is 11.5. The lowest BCUT2D eigenvalue weighted by molar-refractivity contribution is 0.0946. The van der Waals surface area contributed by atoms with E-state index in [2.05, 4.69) is 15.5 Å². The third-order valence-corrected chi connectivity index (χ3v) is 6.92. The van der Waals surface area contributed by atoms with Gasteiger partial charge in [0.1, 0.15) is 5.75 Å². The quantitative estimate of drug-likeness (QED) is 0.351. The Kier molecular flexibility index (Phi) is 7.58. The van der Waals surface area contributed by atoms with Gasteiger partial charge in [-0.25, -0.2) is 8.42 Å². The van der Waals surface area contributed by atoms with E-state index in [0.717, 1.165) is 28.0 Å². The van der Waals surface area contributed by atoms with Crippen molar-refractivity contribution in [1.82, 2.24) is 15.5 Å². The second kappa shape index (κ2) is 10.8. The van der Waals surface area contributed by atoms with Crippen LogP contribution in [0.5, 0.6) is 5.75 Å². The number of benzene rings is 3. The number of aryl methyl sites for hydroxylation is 2. The predicted octanol–water partition coefficient (Wildman–Crippen LogP) is 4.26. The molecule has 3 aromatic carbocycles. The summed E-state index contributed by atoms with van der Waals surface area (Å²) in [6.45, 7) is 4.02. The number of nitrogens with zero attached hydrogens (tertiary/aromatic N) is 3. The highest BCUT2D eigenvalue weighted by Gasteiger charge is 2.20. The van der Waals surface area contributed by atoms with Crippen molar-refractivity contribution < 1.29 is 22.5 Å². The summed E-state index contributed by atoms with van der Waals surface area (Å²) >= 11 is 0. The molecule has 1 aromatic heterocycles. The van der Waals surface area contributed by atoms with E-state index in [1.165, 1.54) is 10.6 Å². The van der Waals surface area contributed by atoms with Crippen LogP contribution in [0.3, 0.4) is 0 Å². The van der Waals surface area contributed by atoms with Crippen LogP contribution in [0.4, 0.5) is 5.69 Å². The van der Waals surface area contributed by atoms with E-state index in [-0.39, 0.29) is 24.9 Å². The van der Waals surface area contributed by atoms with E-state index >= 15 is 0 Å². The number of carbonyl (C=O) groups is 1. The number of hydrogen-bond donors (Lipinski definition) is 1. The van der Waals surface area contributed by atoms with Crippen LogP contribution in [0.2, 0.25) is 0 Å². The highest BCUT2D eigenvalue weighted by Crippen LogP contribution is 2.26. The summed E-state index contributed by atoms with van der Waals surface area (Å²) in [5.74, 6) is 1.09. The molecule has 0 bridgehead atoms. The smallest absolute Gasteiger partial charge is 0.251 e. The van der Waals surface area contributed by atoms with Crippen molar-refractivity contribution in [3.63, 3.8) is 0 Å². The molecule has 9 nitrogen and oxygen atoms in total. The number of rotatable bonds is 9. The van der Waals surface area contributed by atoms with Crippen LogP contribution in [-0.2, 0) is 23.1 Å². The molecule has 0 spiro atoms. The maximum atomic E-state index is 12.6. The Morgan fingerprint density at radius 3 is 2.38 bits per heavy atom. The van der Waals surface area contributed by atoms with Crippen LogP contribution >= 0.6 is 0 Å². The fourth-order valence-corrected chi connectivity index (χ4v) is 4.68. The Bertz CT molecular complexity index is 1500. The largest absolute Gasteiger partial charge is 0.497 e. The van der Waals surface area contributed by atoms with Crippen molar-refractivity contribution in [3.8, 4) is 17.1 Å². The van der Waals surface area contributed by atoms with Crippen LogP contribution in [0.25, 0.3) is 11.4 Å². The number of carbonyl (C=O) groups excluding carboxylic acids is 1. The Labute approximate surface area is 216 Å². The van der Waals surface area contributed by atoms with Gasteiger partial charge in [-0.15, -0.1) is 0 Å². The van der Waals surface area contributed by atoms with Gasteiger partial charge in [0.15, 0.2) is 0 Å². The first-order valence-corrected chi connectivity index (χ1v) is 13.4. The van der Waals surface area contributed by atoms with Crippen molar-refractivity contribution in [1.29, 1.82) is 0 Å². The maximum absolute atomic E-state index is 12.6. The van der Waals surface area contributed by atoms with Gasteiger partial charge in [-0.05, 0) is 73.0 Å². The van der Waals surface area contributed by atoms with Gasteiger partial charge in [0.25, 0.3) is 5.91 Å².